The predicted molar refractivity (Wildman–Crippen MR) is 66.5 cm³/mol. The first-order valence-electron chi connectivity index (χ1n) is 6.18. The van der Waals surface area contributed by atoms with Gasteiger partial charge in [0.25, 0.3) is 0 Å². The van der Waals surface area contributed by atoms with Gasteiger partial charge in [-0.15, -0.1) is 0 Å². The van der Waals surface area contributed by atoms with Gasteiger partial charge >= 0.3 is 5.97 Å². The fraction of sp³-hybridized carbons (Fsp3) is 0.917. The number of nitrogens with one attached hydrogen (secondary N) is 1. The van der Waals surface area contributed by atoms with Crippen LogP contribution in [0.25, 0.3) is 0 Å². The van der Waals surface area contributed by atoms with E-state index in [0.717, 1.165) is 32.5 Å². The molecule has 0 radical (unpaired) electrons. The molecule has 0 aromatic heterocycles. The molecule has 0 amide bonds. The van der Waals surface area contributed by atoms with Gasteiger partial charge in [0.05, 0.1) is 6.61 Å². The summed E-state index contributed by atoms with van der Waals surface area (Å²) in [6.45, 7) is 5.49. The third-order valence-corrected chi connectivity index (χ3v) is 2.25. The maximum absolute atomic E-state index is 11.0. The van der Waals surface area contributed by atoms with Crippen LogP contribution < -0.4 is 5.32 Å². The van der Waals surface area contributed by atoms with E-state index < -0.39 is 0 Å². The second-order valence-corrected chi connectivity index (χ2v) is 4.17. The van der Waals surface area contributed by atoms with Gasteiger partial charge in [0, 0.05) is 6.42 Å². The highest BCUT2D eigenvalue weighted by atomic mass is 16.5. The minimum atomic E-state index is -0.0740. The first-order chi connectivity index (χ1) is 7.66. The second kappa shape index (κ2) is 10.9. The van der Waals surface area contributed by atoms with Crippen LogP contribution in [0.3, 0.4) is 0 Å². The standard InChI is InChI=1S/C12H26N2O2/c1-4-16-12(15)8-5-6-9-13-10-7-11-14(2)3/h13H,4-11H2,1-3H3. The number of rotatable bonds is 10. The van der Waals surface area contributed by atoms with Crippen molar-refractivity contribution in [1.82, 2.24) is 10.2 Å². The highest BCUT2D eigenvalue weighted by Gasteiger charge is 2.00. The molecule has 16 heavy (non-hydrogen) atoms. The maximum Gasteiger partial charge on any atom is 0.305 e. The van der Waals surface area contributed by atoms with Crippen LogP contribution in [0.2, 0.25) is 0 Å². The van der Waals surface area contributed by atoms with Crippen molar-refractivity contribution in [2.45, 2.75) is 32.6 Å². The van der Waals surface area contributed by atoms with Gasteiger partial charge in [-0.25, -0.2) is 0 Å². The van der Waals surface area contributed by atoms with Gasteiger partial charge in [0.2, 0.25) is 0 Å². The van der Waals surface area contributed by atoms with Crippen molar-refractivity contribution >= 4 is 5.97 Å². The monoisotopic (exact) mass is 230 g/mol. The molecule has 4 nitrogen and oxygen atoms in total. The van der Waals surface area contributed by atoms with E-state index in [1.165, 1.54) is 6.42 Å². The summed E-state index contributed by atoms with van der Waals surface area (Å²) in [5, 5.41) is 3.37. The minimum Gasteiger partial charge on any atom is -0.466 e. The van der Waals surface area contributed by atoms with Crippen LogP contribution in [0.5, 0.6) is 0 Å². The summed E-state index contributed by atoms with van der Waals surface area (Å²) in [6.07, 6.45) is 3.68. The van der Waals surface area contributed by atoms with E-state index in [4.69, 9.17) is 4.74 Å². The SMILES string of the molecule is CCOC(=O)CCCCNCCCN(C)C. The van der Waals surface area contributed by atoms with Gasteiger partial charge in [0.15, 0.2) is 0 Å². The minimum absolute atomic E-state index is 0.0740. The molecular formula is C12H26N2O2. The van der Waals surface area contributed by atoms with E-state index in [2.05, 4.69) is 24.3 Å². The Morgan fingerprint density at radius 1 is 1.19 bits per heavy atom. The van der Waals surface area contributed by atoms with Crippen molar-refractivity contribution < 1.29 is 9.53 Å². The Balaban J connectivity index is 3.07. The Morgan fingerprint density at radius 3 is 2.50 bits per heavy atom. The molecule has 0 fully saturated rings. The van der Waals surface area contributed by atoms with Crippen LogP contribution in [0, 0.1) is 0 Å². The molecule has 0 aliphatic heterocycles. The summed E-state index contributed by atoms with van der Waals surface area (Å²) in [5.74, 6) is -0.0740. The van der Waals surface area contributed by atoms with Crippen molar-refractivity contribution in [2.75, 3.05) is 40.3 Å². The summed E-state index contributed by atoms with van der Waals surface area (Å²) in [7, 11) is 4.17. The van der Waals surface area contributed by atoms with E-state index in [1.807, 2.05) is 6.92 Å². The van der Waals surface area contributed by atoms with Crippen molar-refractivity contribution in [1.29, 1.82) is 0 Å². The fourth-order valence-corrected chi connectivity index (χ4v) is 1.40. The molecule has 0 aromatic rings. The third kappa shape index (κ3) is 11.5. The highest BCUT2D eigenvalue weighted by molar-refractivity contribution is 5.69. The van der Waals surface area contributed by atoms with Crippen molar-refractivity contribution in [3.05, 3.63) is 0 Å². The van der Waals surface area contributed by atoms with Gasteiger partial charge in [-0.2, -0.15) is 0 Å². The van der Waals surface area contributed by atoms with Gasteiger partial charge in [0.1, 0.15) is 0 Å². The molecule has 0 aliphatic rings. The van der Waals surface area contributed by atoms with Gasteiger partial charge in [-0.3, -0.25) is 4.79 Å². The molecule has 96 valence electrons. The molecule has 0 spiro atoms. The van der Waals surface area contributed by atoms with Gasteiger partial charge in [-0.05, 0) is 59.9 Å². The number of carbonyl (C=O) groups excluding carboxylic acids is 1. The summed E-state index contributed by atoms with van der Waals surface area (Å²) >= 11 is 0. The smallest absolute Gasteiger partial charge is 0.305 e. The molecule has 0 heterocycles. The number of nitrogens with zero attached hydrogens (tertiary/aromatic N) is 1. The summed E-state index contributed by atoms with van der Waals surface area (Å²) < 4.78 is 4.85. The van der Waals surface area contributed by atoms with Crippen LogP contribution in [-0.4, -0.2) is 51.2 Å². The first kappa shape index (κ1) is 15.4. The van der Waals surface area contributed by atoms with Gasteiger partial charge in [-0.1, -0.05) is 0 Å². The predicted octanol–water partition coefficient (Wildman–Crippen LogP) is 1.26. The van der Waals surface area contributed by atoms with Crippen LogP contribution in [-0.2, 0) is 9.53 Å². The molecule has 0 aromatic carbocycles. The Hall–Kier alpha value is -0.610. The number of hydrogen-bond acceptors (Lipinski definition) is 4. The number of hydrogen-bond donors (Lipinski definition) is 1. The lowest BCUT2D eigenvalue weighted by Gasteiger charge is -2.09. The van der Waals surface area contributed by atoms with Crippen LogP contribution in [0.1, 0.15) is 32.6 Å². The Morgan fingerprint density at radius 2 is 1.88 bits per heavy atom. The number of ether oxygens (including phenoxy) is 1. The normalized spacial score (nSPS) is 10.8. The molecule has 4 heteroatoms. The van der Waals surface area contributed by atoms with E-state index >= 15 is 0 Å². The zero-order chi connectivity index (χ0) is 12.2. The first-order valence-corrected chi connectivity index (χ1v) is 6.18. The molecule has 0 unspecified atom stereocenters. The molecule has 0 saturated carbocycles. The highest BCUT2D eigenvalue weighted by Crippen LogP contribution is 1.96. The molecule has 0 bridgehead atoms. The Bertz CT molecular complexity index is 172. The lowest BCUT2D eigenvalue weighted by atomic mass is 10.2. The van der Waals surface area contributed by atoms with Crippen LogP contribution in [0.15, 0.2) is 0 Å². The lowest BCUT2D eigenvalue weighted by molar-refractivity contribution is -0.143. The Labute approximate surface area is 99.3 Å². The fourth-order valence-electron chi connectivity index (χ4n) is 1.40. The number of esters is 1. The molecule has 0 saturated heterocycles. The average Bonchev–Trinajstić information content (AvgIpc) is 2.22. The quantitative estimate of drug-likeness (QED) is 0.453. The zero-order valence-electron chi connectivity index (χ0n) is 10.9. The van der Waals surface area contributed by atoms with Crippen molar-refractivity contribution in [2.24, 2.45) is 0 Å². The zero-order valence-corrected chi connectivity index (χ0v) is 10.9. The Kier molecular flexibility index (Phi) is 10.5. The second-order valence-electron chi connectivity index (χ2n) is 4.17. The summed E-state index contributed by atoms with van der Waals surface area (Å²) in [4.78, 5) is 13.2. The van der Waals surface area contributed by atoms with Crippen LogP contribution >= 0.6 is 0 Å². The maximum atomic E-state index is 11.0. The molecule has 0 aliphatic carbocycles. The molecule has 1 N–H and O–H groups in total. The topological polar surface area (TPSA) is 41.6 Å². The lowest BCUT2D eigenvalue weighted by Crippen LogP contribution is -2.22. The van der Waals surface area contributed by atoms with Crippen molar-refractivity contribution in [3.63, 3.8) is 0 Å². The number of carbonyl (C=O) groups is 1. The van der Waals surface area contributed by atoms with E-state index in [1.54, 1.807) is 0 Å². The third-order valence-electron chi connectivity index (χ3n) is 2.25. The van der Waals surface area contributed by atoms with E-state index in [0.29, 0.717) is 13.0 Å². The summed E-state index contributed by atoms with van der Waals surface area (Å²) in [6, 6.07) is 0. The van der Waals surface area contributed by atoms with Crippen molar-refractivity contribution in [3.8, 4) is 0 Å². The molecule has 0 rings (SSSR count). The van der Waals surface area contributed by atoms with E-state index in [9.17, 15) is 4.79 Å². The molecule has 0 atom stereocenters. The van der Waals surface area contributed by atoms with Crippen LogP contribution in [0.4, 0.5) is 0 Å². The summed E-state index contributed by atoms with van der Waals surface area (Å²) in [5.41, 5.74) is 0. The molecular weight excluding hydrogens is 204 g/mol. The number of unbranched alkanes of at least 4 members (excludes halogenated alkanes) is 1. The largest absolute Gasteiger partial charge is 0.466 e. The van der Waals surface area contributed by atoms with E-state index in [-0.39, 0.29) is 5.97 Å². The van der Waals surface area contributed by atoms with Gasteiger partial charge < -0.3 is 15.0 Å². The average molecular weight is 230 g/mol.